The van der Waals surface area contributed by atoms with E-state index in [-0.39, 0.29) is 5.78 Å². The van der Waals surface area contributed by atoms with Gasteiger partial charge in [-0.25, -0.2) is 0 Å². The number of benzene rings is 2. The number of phenols is 1. The van der Waals surface area contributed by atoms with Gasteiger partial charge in [0.15, 0.2) is 5.78 Å². The summed E-state index contributed by atoms with van der Waals surface area (Å²) in [5.74, 6) is 0.297. The SMILES string of the molecule is CCCCCCCCCCc1ccc(C=CC(=O)c2ccccc2)cc1O. The molecule has 2 nitrogen and oxygen atoms in total. The number of allylic oxidation sites excluding steroid dienone is 1. The minimum Gasteiger partial charge on any atom is -0.508 e. The summed E-state index contributed by atoms with van der Waals surface area (Å²) in [5, 5.41) is 10.3. The van der Waals surface area contributed by atoms with Gasteiger partial charge in [0.2, 0.25) is 0 Å². The molecule has 0 saturated carbocycles. The minimum absolute atomic E-state index is 0.0295. The average Bonchev–Trinajstić information content (AvgIpc) is 2.70. The fourth-order valence-electron chi connectivity index (χ4n) is 3.22. The van der Waals surface area contributed by atoms with Crippen molar-refractivity contribution in [1.82, 2.24) is 0 Å². The van der Waals surface area contributed by atoms with Crippen LogP contribution >= 0.6 is 0 Å². The number of carbonyl (C=O) groups is 1. The van der Waals surface area contributed by atoms with E-state index in [9.17, 15) is 9.90 Å². The van der Waals surface area contributed by atoms with Crippen LogP contribution in [0.5, 0.6) is 5.75 Å². The molecule has 144 valence electrons. The molecule has 2 heteroatoms. The molecular formula is C25H32O2. The Morgan fingerprint density at radius 3 is 2.22 bits per heavy atom. The zero-order chi connectivity index (χ0) is 19.3. The van der Waals surface area contributed by atoms with Crippen LogP contribution in [-0.4, -0.2) is 10.9 Å². The Hall–Kier alpha value is -2.35. The molecular weight excluding hydrogens is 332 g/mol. The second kappa shape index (κ2) is 12.1. The molecule has 1 N–H and O–H groups in total. The summed E-state index contributed by atoms with van der Waals surface area (Å²) in [6.45, 7) is 2.24. The van der Waals surface area contributed by atoms with E-state index in [1.54, 1.807) is 30.4 Å². The number of hydrogen-bond donors (Lipinski definition) is 1. The second-order valence-corrected chi connectivity index (χ2v) is 7.18. The number of hydrogen-bond acceptors (Lipinski definition) is 2. The van der Waals surface area contributed by atoms with Crippen LogP contribution in [-0.2, 0) is 6.42 Å². The fraction of sp³-hybridized carbons (Fsp3) is 0.400. The standard InChI is InChI=1S/C25H32O2/c1-2-3-4-5-6-7-8-10-15-23-18-16-21(20-25(23)27)17-19-24(26)22-13-11-9-12-14-22/h9,11-14,16-20,27H,2-8,10,15H2,1H3. The molecule has 0 aliphatic carbocycles. The normalized spacial score (nSPS) is 11.1. The summed E-state index contributed by atoms with van der Waals surface area (Å²) >= 11 is 0. The maximum atomic E-state index is 12.1. The third kappa shape index (κ3) is 7.82. The van der Waals surface area contributed by atoms with Crippen molar-refractivity contribution in [2.24, 2.45) is 0 Å². The highest BCUT2D eigenvalue weighted by molar-refractivity contribution is 6.06. The number of phenolic OH excluding ortho intramolecular Hbond substituents is 1. The van der Waals surface area contributed by atoms with Gasteiger partial charge >= 0.3 is 0 Å². The van der Waals surface area contributed by atoms with Gasteiger partial charge in [0.1, 0.15) is 5.75 Å². The lowest BCUT2D eigenvalue weighted by molar-refractivity contribution is 0.104. The summed E-state index contributed by atoms with van der Waals surface area (Å²) in [6, 6.07) is 14.9. The zero-order valence-corrected chi connectivity index (χ0v) is 16.5. The first-order chi connectivity index (χ1) is 13.2. The lowest BCUT2D eigenvalue weighted by Crippen LogP contribution is -1.93. The van der Waals surface area contributed by atoms with Gasteiger partial charge < -0.3 is 5.11 Å². The van der Waals surface area contributed by atoms with E-state index in [0.29, 0.717) is 11.3 Å². The quantitative estimate of drug-likeness (QED) is 0.251. The molecule has 2 aromatic rings. The number of rotatable bonds is 12. The van der Waals surface area contributed by atoms with E-state index in [1.807, 2.05) is 30.3 Å². The van der Waals surface area contributed by atoms with Crippen LogP contribution in [0.2, 0.25) is 0 Å². The molecule has 0 fully saturated rings. The van der Waals surface area contributed by atoms with Crippen molar-refractivity contribution in [3.05, 3.63) is 71.3 Å². The van der Waals surface area contributed by atoms with Gasteiger partial charge in [-0.1, -0.05) is 100 Å². The largest absolute Gasteiger partial charge is 0.508 e. The maximum Gasteiger partial charge on any atom is 0.185 e. The van der Waals surface area contributed by atoms with Gasteiger partial charge in [-0.05, 0) is 36.1 Å². The van der Waals surface area contributed by atoms with Gasteiger partial charge in [0.05, 0.1) is 0 Å². The Bertz CT molecular complexity index is 716. The molecule has 0 atom stereocenters. The van der Waals surface area contributed by atoms with Crippen LogP contribution in [0, 0.1) is 0 Å². The molecule has 0 spiro atoms. The maximum absolute atomic E-state index is 12.1. The highest BCUT2D eigenvalue weighted by Gasteiger charge is 2.03. The fourth-order valence-corrected chi connectivity index (χ4v) is 3.22. The van der Waals surface area contributed by atoms with Crippen molar-refractivity contribution >= 4 is 11.9 Å². The highest BCUT2D eigenvalue weighted by Crippen LogP contribution is 2.22. The first kappa shape index (κ1) is 21.0. The lowest BCUT2D eigenvalue weighted by atomic mass is 10.0. The predicted octanol–water partition coefficient (Wildman–Crippen LogP) is 6.97. The summed E-state index contributed by atoms with van der Waals surface area (Å²) in [6.07, 6.45) is 14.5. The van der Waals surface area contributed by atoms with E-state index in [0.717, 1.165) is 24.0 Å². The zero-order valence-electron chi connectivity index (χ0n) is 16.5. The number of aromatic hydroxyl groups is 1. The van der Waals surface area contributed by atoms with E-state index >= 15 is 0 Å². The van der Waals surface area contributed by atoms with Gasteiger partial charge in [0, 0.05) is 5.56 Å². The van der Waals surface area contributed by atoms with E-state index in [1.165, 1.54) is 44.9 Å². The topological polar surface area (TPSA) is 37.3 Å². The highest BCUT2D eigenvalue weighted by atomic mass is 16.3. The Morgan fingerprint density at radius 2 is 1.56 bits per heavy atom. The Balaban J connectivity index is 1.76. The Morgan fingerprint density at radius 1 is 0.889 bits per heavy atom. The minimum atomic E-state index is -0.0295. The molecule has 0 aliphatic heterocycles. The van der Waals surface area contributed by atoms with Crippen molar-refractivity contribution in [3.63, 3.8) is 0 Å². The van der Waals surface area contributed by atoms with Crippen LogP contribution in [0.1, 0.15) is 79.8 Å². The van der Waals surface area contributed by atoms with E-state index < -0.39 is 0 Å². The first-order valence-electron chi connectivity index (χ1n) is 10.3. The monoisotopic (exact) mass is 364 g/mol. The molecule has 0 bridgehead atoms. The van der Waals surface area contributed by atoms with Crippen LogP contribution < -0.4 is 0 Å². The van der Waals surface area contributed by atoms with Crippen molar-refractivity contribution in [1.29, 1.82) is 0 Å². The summed E-state index contributed by atoms with van der Waals surface area (Å²) in [4.78, 5) is 12.1. The van der Waals surface area contributed by atoms with Gasteiger partial charge in [0.25, 0.3) is 0 Å². The molecule has 2 rings (SSSR count). The van der Waals surface area contributed by atoms with Crippen molar-refractivity contribution in [3.8, 4) is 5.75 Å². The third-order valence-corrected chi connectivity index (χ3v) is 4.89. The summed E-state index contributed by atoms with van der Waals surface area (Å²) < 4.78 is 0. The number of unbranched alkanes of at least 4 members (excludes halogenated alkanes) is 7. The molecule has 27 heavy (non-hydrogen) atoms. The van der Waals surface area contributed by atoms with Crippen molar-refractivity contribution in [2.75, 3.05) is 0 Å². The smallest absolute Gasteiger partial charge is 0.185 e. The van der Waals surface area contributed by atoms with Crippen LogP contribution in [0.25, 0.3) is 6.08 Å². The summed E-state index contributed by atoms with van der Waals surface area (Å²) in [5.41, 5.74) is 2.51. The second-order valence-electron chi connectivity index (χ2n) is 7.18. The van der Waals surface area contributed by atoms with E-state index in [2.05, 4.69) is 6.92 Å². The molecule has 0 heterocycles. The van der Waals surface area contributed by atoms with Crippen LogP contribution in [0.15, 0.2) is 54.6 Å². The van der Waals surface area contributed by atoms with Crippen molar-refractivity contribution in [2.45, 2.75) is 64.7 Å². The van der Waals surface area contributed by atoms with Gasteiger partial charge in [-0.2, -0.15) is 0 Å². The first-order valence-corrected chi connectivity index (χ1v) is 10.3. The predicted molar refractivity (Wildman–Crippen MR) is 114 cm³/mol. The van der Waals surface area contributed by atoms with E-state index in [4.69, 9.17) is 0 Å². The lowest BCUT2D eigenvalue weighted by Gasteiger charge is -2.06. The number of aryl methyl sites for hydroxylation is 1. The van der Waals surface area contributed by atoms with Gasteiger partial charge in [-0.15, -0.1) is 0 Å². The molecule has 0 amide bonds. The Labute approximate surface area is 163 Å². The number of carbonyl (C=O) groups excluding carboxylic acids is 1. The van der Waals surface area contributed by atoms with Crippen molar-refractivity contribution < 1.29 is 9.90 Å². The average molecular weight is 365 g/mol. The molecule has 2 aromatic carbocycles. The number of ketones is 1. The van der Waals surface area contributed by atoms with Gasteiger partial charge in [-0.3, -0.25) is 4.79 Å². The molecule has 0 unspecified atom stereocenters. The molecule has 0 saturated heterocycles. The third-order valence-electron chi connectivity index (χ3n) is 4.89. The molecule has 0 aliphatic rings. The summed E-state index contributed by atoms with van der Waals surface area (Å²) in [7, 11) is 0. The Kier molecular flexibility index (Phi) is 9.40. The molecule has 0 aromatic heterocycles. The molecule has 0 radical (unpaired) electrons. The van der Waals surface area contributed by atoms with Crippen LogP contribution in [0.4, 0.5) is 0 Å². The van der Waals surface area contributed by atoms with Crippen LogP contribution in [0.3, 0.4) is 0 Å².